The summed E-state index contributed by atoms with van der Waals surface area (Å²) in [6.07, 6.45) is 3.16. The second kappa shape index (κ2) is 5.33. The Morgan fingerprint density at radius 3 is 2.90 bits per heavy atom. The Morgan fingerprint density at radius 1 is 1.20 bits per heavy atom. The number of hydrogen-bond donors (Lipinski definition) is 1. The normalized spacial score (nSPS) is 14.1. The summed E-state index contributed by atoms with van der Waals surface area (Å²) in [5, 5.41) is 3.07. The van der Waals surface area contributed by atoms with Gasteiger partial charge in [-0.05, 0) is 24.1 Å². The quantitative estimate of drug-likeness (QED) is 0.929. The predicted octanol–water partition coefficient (Wildman–Crippen LogP) is 2.60. The van der Waals surface area contributed by atoms with Gasteiger partial charge in [0.15, 0.2) is 0 Å². The number of carbonyl (C=O) groups is 1. The third-order valence-electron chi connectivity index (χ3n) is 3.65. The van der Waals surface area contributed by atoms with E-state index in [-0.39, 0.29) is 5.91 Å². The molecule has 1 N–H and O–H groups in total. The van der Waals surface area contributed by atoms with E-state index in [0.29, 0.717) is 13.0 Å². The van der Waals surface area contributed by atoms with Crippen LogP contribution in [-0.4, -0.2) is 17.9 Å². The summed E-state index contributed by atoms with van der Waals surface area (Å²) in [5.74, 6) is 0.998. The molecule has 0 unspecified atom stereocenters. The molecule has 20 heavy (non-hydrogen) atoms. The minimum absolute atomic E-state index is 0.176. The number of aromatic nitrogens is 1. The highest BCUT2D eigenvalue weighted by Gasteiger charge is 2.24. The molecule has 0 saturated carbocycles. The van der Waals surface area contributed by atoms with Crippen molar-refractivity contribution in [1.29, 1.82) is 0 Å². The van der Waals surface area contributed by atoms with Gasteiger partial charge in [0, 0.05) is 30.9 Å². The molecule has 102 valence electrons. The van der Waals surface area contributed by atoms with Crippen molar-refractivity contribution >= 4 is 17.4 Å². The zero-order valence-electron chi connectivity index (χ0n) is 11.5. The lowest BCUT2D eigenvalue weighted by Gasteiger charge is -2.29. The molecule has 4 nitrogen and oxygen atoms in total. The molecule has 0 bridgehead atoms. The Bertz CT molecular complexity index is 639. The molecule has 0 radical (unpaired) electrons. The highest BCUT2D eigenvalue weighted by molar-refractivity contribution is 5.96. The Hall–Kier alpha value is -2.36. The smallest absolute Gasteiger partial charge is 0.227 e. The zero-order valence-corrected chi connectivity index (χ0v) is 11.5. The van der Waals surface area contributed by atoms with E-state index >= 15 is 0 Å². The van der Waals surface area contributed by atoms with E-state index in [1.807, 2.05) is 42.3 Å². The van der Waals surface area contributed by atoms with Crippen LogP contribution in [0, 0.1) is 0 Å². The van der Waals surface area contributed by atoms with Gasteiger partial charge < -0.3 is 10.2 Å². The number of pyridine rings is 1. The van der Waals surface area contributed by atoms with Crippen molar-refractivity contribution in [3.8, 4) is 0 Å². The average molecular weight is 267 g/mol. The SMILES string of the molecule is CNc1ncccc1CN1C(=O)CCc2ccccc21. The van der Waals surface area contributed by atoms with Gasteiger partial charge in [-0.15, -0.1) is 0 Å². The van der Waals surface area contributed by atoms with Crippen molar-refractivity contribution in [3.05, 3.63) is 53.7 Å². The second-order valence-electron chi connectivity index (χ2n) is 4.87. The fraction of sp³-hybridized carbons (Fsp3) is 0.250. The van der Waals surface area contributed by atoms with E-state index < -0.39 is 0 Å². The van der Waals surface area contributed by atoms with E-state index in [2.05, 4.69) is 16.4 Å². The van der Waals surface area contributed by atoms with Crippen LogP contribution < -0.4 is 10.2 Å². The monoisotopic (exact) mass is 267 g/mol. The molecular formula is C16H17N3O. The average Bonchev–Trinajstić information content (AvgIpc) is 2.50. The summed E-state index contributed by atoms with van der Waals surface area (Å²) >= 11 is 0. The predicted molar refractivity (Wildman–Crippen MR) is 79.7 cm³/mol. The van der Waals surface area contributed by atoms with Crippen LogP contribution in [0.4, 0.5) is 11.5 Å². The van der Waals surface area contributed by atoms with Crippen LogP contribution in [0.15, 0.2) is 42.6 Å². The van der Waals surface area contributed by atoms with Gasteiger partial charge in [0.2, 0.25) is 5.91 Å². The Labute approximate surface area is 118 Å². The zero-order chi connectivity index (χ0) is 13.9. The minimum atomic E-state index is 0.176. The molecule has 0 spiro atoms. The fourth-order valence-electron chi connectivity index (χ4n) is 2.63. The number of nitrogens with zero attached hydrogens (tertiary/aromatic N) is 2. The Kier molecular flexibility index (Phi) is 3.37. The fourth-order valence-corrected chi connectivity index (χ4v) is 2.63. The van der Waals surface area contributed by atoms with E-state index in [9.17, 15) is 4.79 Å². The number of fused-ring (bicyclic) bond motifs is 1. The molecule has 0 aliphatic carbocycles. The largest absolute Gasteiger partial charge is 0.373 e. The first-order valence-corrected chi connectivity index (χ1v) is 6.79. The number of amides is 1. The molecule has 1 amide bonds. The molecule has 2 aromatic rings. The molecule has 0 saturated heterocycles. The van der Waals surface area contributed by atoms with Crippen LogP contribution >= 0.6 is 0 Å². The van der Waals surface area contributed by atoms with Crippen LogP contribution in [0.2, 0.25) is 0 Å². The lowest BCUT2D eigenvalue weighted by atomic mass is 10.0. The number of rotatable bonds is 3. The molecular weight excluding hydrogens is 250 g/mol. The summed E-state index contributed by atoms with van der Waals surface area (Å²) in [6, 6.07) is 12.0. The lowest BCUT2D eigenvalue weighted by Crippen LogP contribution is -2.34. The molecule has 1 aromatic heterocycles. The van der Waals surface area contributed by atoms with Gasteiger partial charge in [-0.3, -0.25) is 4.79 Å². The second-order valence-corrected chi connectivity index (χ2v) is 4.87. The van der Waals surface area contributed by atoms with Crippen LogP contribution in [0.5, 0.6) is 0 Å². The molecule has 3 rings (SSSR count). The number of nitrogens with one attached hydrogen (secondary N) is 1. The first-order chi connectivity index (χ1) is 9.79. The third-order valence-corrected chi connectivity index (χ3v) is 3.65. The maximum Gasteiger partial charge on any atom is 0.227 e. The van der Waals surface area contributed by atoms with Gasteiger partial charge in [0.1, 0.15) is 5.82 Å². The standard InChI is InChI=1S/C16H17N3O/c1-17-16-13(6-4-10-18-16)11-19-14-7-3-2-5-12(14)8-9-15(19)20/h2-7,10H,8-9,11H2,1H3,(H,17,18). The molecule has 0 atom stereocenters. The number of carbonyl (C=O) groups excluding carboxylic acids is 1. The summed E-state index contributed by atoms with van der Waals surface area (Å²) in [7, 11) is 1.85. The van der Waals surface area contributed by atoms with Gasteiger partial charge in [-0.25, -0.2) is 4.98 Å². The number of aryl methyl sites for hydroxylation is 1. The van der Waals surface area contributed by atoms with Crippen molar-refractivity contribution in [2.75, 3.05) is 17.3 Å². The van der Waals surface area contributed by atoms with Crippen molar-refractivity contribution in [3.63, 3.8) is 0 Å². The summed E-state index contributed by atoms with van der Waals surface area (Å²) < 4.78 is 0. The third kappa shape index (κ3) is 2.25. The summed E-state index contributed by atoms with van der Waals surface area (Å²) in [4.78, 5) is 18.4. The lowest BCUT2D eigenvalue weighted by molar-refractivity contribution is -0.119. The first-order valence-electron chi connectivity index (χ1n) is 6.79. The van der Waals surface area contributed by atoms with E-state index in [1.165, 1.54) is 5.56 Å². The number of hydrogen-bond acceptors (Lipinski definition) is 3. The molecule has 1 aliphatic heterocycles. The van der Waals surface area contributed by atoms with Crippen molar-refractivity contribution in [1.82, 2.24) is 4.98 Å². The topological polar surface area (TPSA) is 45.2 Å². The molecule has 1 aromatic carbocycles. The Morgan fingerprint density at radius 2 is 2.05 bits per heavy atom. The molecule has 4 heteroatoms. The summed E-state index contributed by atoms with van der Waals surface area (Å²) in [5.41, 5.74) is 3.29. The summed E-state index contributed by atoms with van der Waals surface area (Å²) in [6.45, 7) is 0.555. The number of para-hydroxylation sites is 1. The van der Waals surface area contributed by atoms with Crippen LogP contribution in [0.3, 0.4) is 0 Å². The highest BCUT2D eigenvalue weighted by atomic mass is 16.2. The van der Waals surface area contributed by atoms with Crippen LogP contribution in [-0.2, 0) is 17.8 Å². The van der Waals surface area contributed by atoms with Crippen LogP contribution in [0.1, 0.15) is 17.5 Å². The van der Waals surface area contributed by atoms with Gasteiger partial charge >= 0.3 is 0 Å². The van der Waals surface area contributed by atoms with E-state index in [1.54, 1.807) is 6.20 Å². The highest BCUT2D eigenvalue weighted by Crippen LogP contribution is 2.29. The number of benzene rings is 1. The molecule has 0 fully saturated rings. The maximum atomic E-state index is 12.2. The maximum absolute atomic E-state index is 12.2. The van der Waals surface area contributed by atoms with E-state index in [4.69, 9.17) is 0 Å². The molecule has 1 aliphatic rings. The van der Waals surface area contributed by atoms with Crippen molar-refractivity contribution < 1.29 is 4.79 Å². The van der Waals surface area contributed by atoms with Gasteiger partial charge in [0.25, 0.3) is 0 Å². The van der Waals surface area contributed by atoms with E-state index in [0.717, 1.165) is 23.5 Å². The van der Waals surface area contributed by atoms with Gasteiger partial charge in [-0.1, -0.05) is 24.3 Å². The minimum Gasteiger partial charge on any atom is -0.373 e. The number of anilines is 2. The Balaban J connectivity index is 1.96. The van der Waals surface area contributed by atoms with Gasteiger partial charge in [0.05, 0.1) is 6.54 Å². The first kappa shape index (κ1) is 12.7. The van der Waals surface area contributed by atoms with Crippen molar-refractivity contribution in [2.45, 2.75) is 19.4 Å². The molecule has 2 heterocycles. The van der Waals surface area contributed by atoms with Gasteiger partial charge in [-0.2, -0.15) is 0 Å². The van der Waals surface area contributed by atoms with Crippen molar-refractivity contribution in [2.24, 2.45) is 0 Å². The van der Waals surface area contributed by atoms with Crippen LogP contribution in [0.25, 0.3) is 0 Å².